The Kier molecular flexibility index (Phi) is 10.9. The maximum absolute atomic E-state index is 11.4. The highest BCUT2D eigenvalue weighted by molar-refractivity contribution is 5.86. The second-order valence-electron chi connectivity index (χ2n) is 15.3. The standard InChI is InChI=1S/C50H48N2O6/c1-5-48(53)55-29-11-13-35-19-24-38(25-20-35)51-40-15-7-9-17-44(40)57-46-32-37(23-28-42(46)51)50(4)33-47-43(31-34(50)3)52(41-16-8-10-18-45(41)58-47)39-26-21-36(22-27-39)14-12-30-56-49(54)6-2/h5-10,15-28,32,34H,1-2,11-14,29-31,33H2,3-4H3. The van der Waals surface area contributed by atoms with Gasteiger partial charge in [0.25, 0.3) is 0 Å². The topological polar surface area (TPSA) is 77.5 Å². The molecule has 0 saturated carbocycles. The summed E-state index contributed by atoms with van der Waals surface area (Å²) in [6.07, 6.45) is 7.04. The fourth-order valence-corrected chi connectivity index (χ4v) is 8.27. The van der Waals surface area contributed by atoms with Gasteiger partial charge in [-0.25, -0.2) is 9.59 Å². The van der Waals surface area contributed by atoms with Gasteiger partial charge >= 0.3 is 11.9 Å². The van der Waals surface area contributed by atoms with E-state index < -0.39 is 11.9 Å². The zero-order valence-electron chi connectivity index (χ0n) is 33.1. The van der Waals surface area contributed by atoms with E-state index in [0.717, 1.165) is 90.0 Å². The van der Waals surface area contributed by atoms with Crippen molar-refractivity contribution in [3.63, 3.8) is 0 Å². The molecule has 3 aliphatic rings. The predicted molar refractivity (Wildman–Crippen MR) is 229 cm³/mol. The summed E-state index contributed by atoms with van der Waals surface area (Å²) in [5.41, 5.74) is 9.63. The number of allylic oxidation sites excluding steroid dienone is 2. The molecule has 1 aliphatic carbocycles. The molecule has 8 heteroatoms. The van der Waals surface area contributed by atoms with E-state index in [0.29, 0.717) is 13.2 Å². The molecule has 8 nitrogen and oxygen atoms in total. The minimum absolute atomic E-state index is 0.239. The van der Waals surface area contributed by atoms with Crippen molar-refractivity contribution in [2.45, 2.75) is 57.8 Å². The number of hydrogen-bond donors (Lipinski definition) is 0. The first kappa shape index (κ1) is 38.3. The lowest BCUT2D eigenvalue weighted by molar-refractivity contribution is -0.138. The van der Waals surface area contributed by atoms with Crippen molar-refractivity contribution in [2.75, 3.05) is 23.0 Å². The average molecular weight is 773 g/mol. The van der Waals surface area contributed by atoms with E-state index in [1.165, 1.54) is 34.5 Å². The second-order valence-corrected chi connectivity index (χ2v) is 15.3. The SMILES string of the molecule is C=CC(=O)OCCCc1ccc(N2C3=C(CC(C)(c4ccc5c(c4)Oc4ccccc4N5c4ccc(CCCOC(=O)C=C)cc4)C(C)C3)Oc3ccccc32)cc1. The number of nitrogens with zero attached hydrogens (tertiary/aromatic N) is 2. The molecule has 2 aliphatic heterocycles. The molecule has 0 spiro atoms. The Bertz CT molecular complexity index is 2380. The monoisotopic (exact) mass is 772 g/mol. The van der Waals surface area contributed by atoms with Crippen molar-refractivity contribution in [1.82, 2.24) is 0 Å². The molecule has 0 fully saturated rings. The van der Waals surface area contributed by atoms with Crippen LogP contribution in [0.2, 0.25) is 0 Å². The number of ether oxygens (including phenoxy) is 4. The number of anilines is 5. The van der Waals surface area contributed by atoms with Crippen LogP contribution in [0.1, 0.15) is 56.2 Å². The molecule has 0 amide bonds. The third-order valence-corrected chi connectivity index (χ3v) is 11.7. The zero-order chi connectivity index (χ0) is 40.2. The van der Waals surface area contributed by atoms with Crippen molar-refractivity contribution < 1.29 is 28.5 Å². The normalized spacial score (nSPS) is 17.7. The van der Waals surface area contributed by atoms with Crippen LogP contribution in [0.3, 0.4) is 0 Å². The number of carbonyl (C=O) groups is 2. The van der Waals surface area contributed by atoms with Crippen LogP contribution in [0.5, 0.6) is 17.2 Å². The number of carbonyl (C=O) groups excluding carboxylic acids is 2. The lowest BCUT2D eigenvalue weighted by Crippen LogP contribution is -2.40. The molecule has 0 aromatic heterocycles. The summed E-state index contributed by atoms with van der Waals surface area (Å²) in [4.78, 5) is 27.5. The molecule has 5 aromatic rings. The summed E-state index contributed by atoms with van der Waals surface area (Å²) >= 11 is 0. The molecule has 0 radical (unpaired) electrons. The predicted octanol–water partition coefficient (Wildman–Crippen LogP) is 11.7. The summed E-state index contributed by atoms with van der Waals surface area (Å²) in [6, 6.07) is 40.3. The Morgan fingerprint density at radius 2 is 1.21 bits per heavy atom. The summed E-state index contributed by atoms with van der Waals surface area (Å²) < 4.78 is 23.8. The van der Waals surface area contributed by atoms with Crippen LogP contribution in [0, 0.1) is 5.92 Å². The van der Waals surface area contributed by atoms with Crippen molar-refractivity contribution >= 4 is 40.4 Å². The van der Waals surface area contributed by atoms with Crippen LogP contribution in [0.25, 0.3) is 0 Å². The smallest absolute Gasteiger partial charge is 0.330 e. The minimum Gasteiger partial charge on any atom is -0.463 e. The second kappa shape index (κ2) is 16.5. The van der Waals surface area contributed by atoms with Gasteiger partial charge < -0.3 is 28.7 Å². The van der Waals surface area contributed by atoms with Gasteiger partial charge in [-0.05, 0) is 115 Å². The lowest BCUT2D eigenvalue weighted by Gasteiger charge is -2.46. The number of fused-ring (bicyclic) bond motifs is 3. The molecule has 294 valence electrons. The fourth-order valence-electron chi connectivity index (χ4n) is 8.27. The maximum Gasteiger partial charge on any atom is 0.330 e. The Balaban J connectivity index is 1.05. The Morgan fingerprint density at radius 1 is 0.690 bits per heavy atom. The highest BCUT2D eigenvalue weighted by Gasteiger charge is 2.44. The minimum atomic E-state index is -0.394. The van der Waals surface area contributed by atoms with Gasteiger partial charge in [0, 0.05) is 35.4 Å². The molecule has 5 aromatic carbocycles. The van der Waals surface area contributed by atoms with Gasteiger partial charge in [0.2, 0.25) is 0 Å². The molecule has 58 heavy (non-hydrogen) atoms. The van der Waals surface area contributed by atoms with Gasteiger partial charge in [-0.3, -0.25) is 0 Å². The Hall–Kier alpha value is -6.54. The van der Waals surface area contributed by atoms with E-state index >= 15 is 0 Å². The Labute approximate surface area is 340 Å². The first-order chi connectivity index (χ1) is 28.2. The van der Waals surface area contributed by atoms with Gasteiger partial charge in [-0.15, -0.1) is 0 Å². The van der Waals surface area contributed by atoms with Crippen LogP contribution < -0.4 is 19.3 Å². The van der Waals surface area contributed by atoms with Crippen molar-refractivity contribution in [3.05, 3.63) is 169 Å². The summed E-state index contributed by atoms with van der Waals surface area (Å²) in [6.45, 7) is 12.4. The number of para-hydroxylation sites is 4. The summed E-state index contributed by atoms with van der Waals surface area (Å²) in [5, 5.41) is 0. The average Bonchev–Trinajstić information content (AvgIpc) is 3.25. The molecule has 2 unspecified atom stereocenters. The molecule has 0 saturated heterocycles. The third-order valence-electron chi connectivity index (χ3n) is 11.7. The van der Waals surface area contributed by atoms with Crippen molar-refractivity contribution in [1.29, 1.82) is 0 Å². The Morgan fingerprint density at radius 3 is 1.79 bits per heavy atom. The number of esters is 2. The van der Waals surface area contributed by atoms with E-state index in [-0.39, 0.29) is 11.3 Å². The van der Waals surface area contributed by atoms with Gasteiger partial charge in [-0.2, -0.15) is 0 Å². The maximum atomic E-state index is 11.4. The van der Waals surface area contributed by atoms with E-state index in [1.807, 2.05) is 30.3 Å². The van der Waals surface area contributed by atoms with Crippen LogP contribution in [0.15, 0.2) is 152 Å². The van der Waals surface area contributed by atoms with E-state index in [9.17, 15) is 9.59 Å². The van der Waals surface area contributed by atoms with E-state index in [2.05, 4.69) is 122 Å². The molecule has 0 N–H and O–H groups in total. The molecular weight excluding hydrogens is 725 g/mol. The van der Waals surface area contributed by atoms with Gasteiger partial charge in [0.1, 0.15) is 5.76 Å². The molecule has 2 heterocycles. The molecule has 8 rings (SSSR count). The van der Waals surface area contributed by atoms with Gasteiger partial charge in [0.05, 0.1) is 36.0 Å². The first-order valence-electron chi connectivity index (χ1n) is 20.0. The van der Waals surface area contributed by atoms with Gasteiger partial charge in [0.15, 0.2) is 17.2 Å². The van der Waals surface area contributed by atoms with E-state index in [4.69, 9.17) is 18.9 Å². The lowest BCUT2D eigenvalue weighted by atomic mass is 9.65. The number of benzene rings is 5. The van der Waals surface area contributed by atoms with Crippen molar-refractivity contribution in [3.8, 4) is 17.2 Å². The third kappa shape index (κ3) is 7.62. The number of rotatable bonds is 13. The van der Waals surface area contributed by atoms with Crippen molar-refractivity contribution in [2.24, 2.45) is 5.92 Å². The fraction of sp³-hybridized carbons (Fsp3) is 0.240. The molecule has 0 bridgehead atoms. The van der Waals surface area contributed by atoms with Crippen LogP contribution in [0.4, 0.5) is 28.4 Å². The summed E-state index contributed by atoms with van der Waals surface area (Å²) in [7, 11) is 0. The number of aryl methyl sites for hydroxylation is 2. The van der Waals surface area contributed by atoms with Crippen LogP contribution >= 0.6 is 0 Å². The molecule has 2 atom stereocenters. The van der Waals surface area contributed by atoms with Crippen LogP contribution in [-0.4, -0.2) is 25.2 Å². The largest absolute Gasteiger partial charge is 0.463 e. The zero-order valence-corrected chi connectivity index (χ0v) is 33.1. The van der Waals surface area contributed by atoms with Crippen LogP contribution in [-0.2, 0) is 37.3 Å². The highest BCUT2D eigenvalue weighted by atomic mass is 16.5. The first-order valence-corrected chi connectivity index (χ1v) is 20.0. The molecular formula is C50H48N2O6. The number of hydrogen-bond acceptors (Lipinski definition) is 8. The highest BCUT2D eigenvalue weighted by Crippen LogP contribution is 2.56. The van der Waals surface area contributed by atoms with E-state index in [1.54, 1.807) is 0 Å². The quantitative estimate of drug-likeness (QED) is 0.0652. The van der Waals surface area contributed by atoms with Gasteiger partial charge in [-0.1, -0.05) is 81.6 Å². The summed E-state index contributed by atoms with van der Waals surface area (Å²) in [5.74, 6) is 2.93.